The number of aromatic carboxylic acids is 1. The molecule has 0 saturated heterocycles. The Morgan fingerprint density at radius 2 is 0.635 bits per heavy atom. The molecule has 0 unspecified atom stereocenters. The van der Waals surface area contributed by atoms with Gasteiger partial charge >= 0.3 is 5.97 Å². The number of nitrogens with one attached hydrogen (secondary N) is 2. The summed E-state index contributed by atoms with van der Waals surface area (Å²) in [5, 5.41) is 14.9. The number of hydrogen-bond acceptors (Lipinski definition) is 4. The molecule has 2 aliphatic heterocycles. The Kier molecular flexibility index (Phi) is 13.6. The lowest BCUT2D eigenvalue weighted by molar-refractivity contribution is 0.0697. The maximum Gasteiger partial charge on any atom is 0.335 e. The third-order valence-electron chi connectivity index (χ3n) is 19.3. The Balaban J connectivity index is 0.884. The zero-order valence-electron chi connectivity index (χ0n) is 54.0. The number of aryl methyl sites for hydroxylation is 6. The molecule has 9 nitrogen and oxygen atoms in total. The first-order valence-electron chi connectivity index (χ1n) is 32.6. The Bertz CT molecular complexity index is 5610. The Morgan fingerprint density at radius 3 is 0.969 bits per heavy atom. The highest BCUT2D eigenvalue weighted by Gasteiger charge is 2.24. The van der Waals surface area contributed by atoms with E-state index in [1.807, 2.05) is 12.1 Å². The van der Waals surface area contributed by atoms with Crippen LogP contribution in [0.1, 0.15) is 66.5 Å². The van der Waals surface area contributed by atoms with Crippen LogP contribution in [-0.4, -0.2) is 40.1 Å². The summed E-state index contributed by atoms with van der Waals surface area (Å²) in [7, 11) is 0. The van der Waals surface area contributed by atoms with Gasteiger partial charge in [-0.1, -0.05) is 132 Å². The van der Waals surface area contributed by atoms with Gasteiger partial charge in [0.05, 0.1) is 50.4 Å². The molecule has 0 spiro atoms. The molecule has 17 rings (SSSR count). The highest BCUT2D eigenvalue weighted by molar-refractivity contribution is 6.11. The van der Waals surface area contributed by atoms with Crippen LogP contribution in [0.3, 0.4) is 0 Å². The zero-order valence-corrected chi connectivity index (χ0v) is 54.0. The van der Waals surface area contributed by atoms with Gasteiger partial charge in [0, 0.05) is 94.3 Å². The molecular weight excluding hydrogens is 1180 g/mol. The van der Waals surface area contributed by atoms with Crippen molar-refractivity contribution in [3.05, 3.63) is 304 Å². The molecule has 15 aromatic rings. The Morgan fingerprint density at radius 1 is 0.344 bits per heavy atom. The maximum absolute atomic E-state index is 12.2. The molecule has 10 aromatic carbocycles. The minimum absolute atomic E-state index is 0.212. The predicted molar refractivity (Wildman–Crippen MR) is 399 cm³/mol. The van der Waals surface area contributed by atoms with Crippen LogP contribution in [0.5, 0.6) is 0 Å². The van der Waals surface area contributed by atoms with Crippen molar-refractivity contribution in [3.8, 4) is 55.9 Å². The SMILES string of the molecule is Cc1cc(C)c(-c2c3nc(c(-c4ccc(N(c5ccc(-n6c7ccccc7c7ccccc76)cc5)c5ccc(-n6c7ccccc7c7ccccc76)cc5)cc4)c4ccc([nH]4)c(-c4c(C)cc(C)cc4C)c4nc(c(-c5ccc(C(=O)O)cc5)c5ccc2[nH]5)C=C4)C=C3)c(C)c1. The number of benzene rings is 10. The molecular formula is C87H65N7O2. The smallest absolute Gasteiger partial charge is 0.335 e. The lowest BCUT2D eigenvalue weighted by Crippen LogP contribution is -2.10. The van der Waals surface area contributed by atoms with Crippen molar-refractivity contribution < 1.29 is 9.90 Å². The van der Waals surface area contributed by atoms with Gasteiger partial charge in [-0.05, 0) is 232 Å². The van der Waals surface area contributed by atoms with Crippen LogP contribution < -0.4 is 4.90 Å². The minimum Gasteiger partial charge on any atom is -0.478 e. The number of carboxylic acids is 1. The summed E-state index contributed by atoms with van der Waals surface area (Å²) in [5.74, 6) is -0.981. The number of aromatic nitrogens is 6. The molecule has 0 fully saturated rings. The molecule has 0 saturated carbocycles. The first kappa shape index (κ1) is 57.6. The summed E-state index contributed by atoms with van der Waals surface area (Å²) in [4.78, 5) is 33.8. The molecule has 5 aromatic heterocycles. The monoisotopic (exact) mass is 1240 g/mol. The molecule has 3 N–H and O–H groups in total. The van der Waals surface area contributed by atoms with Crippen LogP contribution in [-0.2, 0) is 0 Å². The fraction of sp³-hybridized carbons (Fsp3) is 0.0690. The summed E-state index contributed by atoms with van der Waals surface area (Å²) in [6.45, 7) is 13.0. The quantitative estimate of drug-likeness (QED) is 0.126. The maximum atomic E-state index is 12.2. The molecule has 0 atom stereocenters. The number of anilines is 3. The van der Waals surface area contributed by atoms with E-state index in [0.29, 0.717) is 0 Å². The van der Waals surface area contributed by atoms with Crippen molar-refractivity contribution in [2.45, 2.75) is 41.5 Å². The number of carboxylic acid groups (broad SMARTS) is 1. The van der Waals surface area contributed by atoms with E-state index in [4.69, 9.17) is 9.97 Å². The normalized spacial score (nSPS) is 12.1. The summed E-state index contributed by atoms with van der Waals surface area (Å²) in [6.07, 6.45) is 8.52. The van der Waals surface area contributed by atoms with Crippen LogP contribution in [0, 0.1) is 41.5 Å². The molecule has 8 bridgehead atoms. The molecule has 2 aliphatic rings. The molecule has 460 valence electrons. The van der Waals surface area contributed by atoms with E-state index in [1.54, 1.807) is 12.1 Å². The third kappa shape index (κ3) is 9.57. The lowest BCUT2D eigenvalue weighted by atomic mass is 9.92. The van der Waals surface area contributed by atoms with Gasteiger partial charge in [0.2, 0.25) is 0 Å². The van der Waals surface area contributed by atoms with E-state index in [-0.39, 0.29) is 5.56 Å². The van der Waals surface area contributed by atoms with E-state index in [0.717, 1.165) is 162 Å². The average Bonchev–Trinajstić information content (AvgIpc) is 1.62. The van der Waals surface area contributed by atoms with Gasteiger partial charge in [0.15, 0.2) is 0 Å². The molecule has 7 heterocycles. The van der Waals surface area contributed by atoms with Crippen molar-refractivity contribution in [1.82, 2.24) is 29.1 Å². The van der Waals surface area contributed by atoms with Crippen molar-refractivity contribution >= 4 is 113 Å². The Labute approximate surface area is 555 Å². The molecule has 0 amide bonds. The number of para-hydroxylation sites is 4. The lowest BCUT2D eigenvalue weighted by Gasteiger charge is -2.26. The second kappa shape index (κ2) is 22.8. The van der Waals surface area contributed by atoms with Gasteiger partial charge in [-0.3, -0.25) is 0 Å². The highest BCUT2D eigenvalue weighted by Crippen LogP contribution is 2.44. The van der Waals surface area contributed by atoms with E-state index in [2.05, 4.69) is 308 Å². The first-order valence-corrected chi connectivity index (χ1v) is 32.6. The minimum atomic E-state index is -0.981. The fourth-order valence-corrected chi connectivity index (χ4v) is 15.4. The summed E-state index contributed by atoms with van der Waals surface area (Å²) < 4.78 is 4.74. The van der Waals surface area contributed by atoms with Gasteiger partial charge in [0.1, 0.15) is 0 Å². The van der Waals surface area contributed by atoms with Crippen molar-refractivity contribution in [2.24, 2.45) is 0 Å². The van der Waals surface area contributed by atoms with Crippen molar-refractivity contribution in [2.75, 3.05) is 4.90 Å². The number of fused-ring (bicyclic) bond motifs is 14. The number of H-pyrrole nitrogens is 2. The van der Waals surface area contributed by atoms with Gasteiger partial charge in [-0.25, -0.2) is 14.8 Å². The predicted octanol–water partition coefficient (Wildman–Crippen LogP) is 22.5. The highest BCUT2D eigenvalue weighted by atomic mass is 16.4. The third-order valence-corrected chi connectivity index (χ3v) is 19.3. The van der Waals surface area contributed by atoms with E-state index in [1.165, 1.54) is 32.7 Å². The summed E-state index contributed by atoms with van der Waals surface area (Å²) in [5.41, 5.74) is 31.4. The number of hydrogen-bond donors (Lipinski definition) is 3. The number of rotatable bonds is 10. The number of carbonyl (C=O) groups is 1. The van der Waals surface area contributed by atoms with Crippen LogP contribution in [0.4, 0.5) is 17.1 Å². The van der Waals surface area contributed by atoms with Crippen LogP contribution >= 0.6 is 0 Å². The zero-order chi connectivity index (χ0) is 65.0. The molecule has 0 radical (unpaired) electrons. The standard InChI is InChI=1S/C87H65N7O2/c1-51-47-53(3)81(54(4)48-51)85-73-43-39-69(88-73)83(57-23-25-59(26-24-57)87(95)96)70-40-44-74(89-70)86(82-55(5)49-52(2)50-56(82)6)76-46-42-72(91-76)84(71-41-45-75(85)90-71)58-27-29-60(30-28-58)92(61-31-35-63(36-32-61)93-77-19-11-7-15-65(77)66-16-8-12-20-78(66)93)62-33-37-64(38-34-62)94-79-21-13-9-17-67(79)68-18-10-14-22-80(68)94/h7-50,88,91H,1-6H3,(H,95,96). The van der Waals surface area contributed by atoms with Gasteiger partial charge in [-0.15, -0.1) is 0 Å². The van der Waals surface area contributed by atoms with Gasteiger partial charge < -0.3 is 29.1 Å². The largest absolute Gasteiger partial charge is 0.478 e. The molecule has 96 heavy (non-hydrogen) atoms. The number of nitrogens with zero attached hydrogens (tertiary/aromatic N) is 5. The van der Waals surface area contributed by atoms with E-state index >= 15 is 0 Å². The second-order valence-electron chi connectivity index (χ2n) is 25.6. The molecule has 0 aliphatic carbocycles. The van der Waals surface area contributed by atoms with Crippen molar-refractivity contribution in [1.29, 1.82) is 0 Å². The topological polar surface area (TPSA) is 108 Å². The summed E-state index contributed by atoms with van der Waals surface area (Å²) >= 11 is 0. The van der Waals surface area contributed by atoms with Crippen molar-refractivity contribution in [3.63, 3.8) is 0 Å². The van der Waals surface area contributed by atoms with Crippen LogP contribution in [0.25, 0.3) is 146 Å². The number of aromatic amines is 2. The Hall–Kier alpha value is -12.3. The van der Waals surface area contributed by atoms with Gasteiger partial charge in [0.25, 0.3) is 0 Å². The van der Waals surface area contributed by atoms with Crippen LogP contribution in [0.2, 0.25) is 0 Å². The van der Waals surface area contributed by atoms with E-state index in [9.17, 15) is 9.90 Å². The second-order valence-corrected chi connectivity index (χ2v) is 25.6. The molecule has 9 heteroatoms. The summed E-state index contributed by atoms with van der Waals surface area (Å²) in [6, 6.07) is 86.2. The van der Waals surface area contributed by atoms with Gasteiger partial charge in [-0.2, -0.15) is 0 Å². The first-order chi connectivity index (χ1) is 46.9. The van der Waals surface area contributed by atoms with Crippen LogP contribution in [0.15, 0.2) is 243 Å². The fourth-order valence-electron chi connectivity index (χ4n) is 15.4. The van der Waals surface area contributed by atoms with E-state index < -0.39 is 5.97 Å². The average molecular weight is 1240 g/mol.